The molecule has 0 aliphatic heterocycles. The number of hydrogen-bond acceptors (Lipinski definition) is 3. The number of aliphatic hydroxyl groups is 1. The van der Waals surface area contributed by atoms with Gasteiger partial charge in [0.05, 0.1) is 6.61 Å². The Morgan fingerprint density at radius 3 is 2.31 bits per heavy atom. The lowest BCUT2D eigenvalue weighted by Gasteiger charge is -2.20. The second-order valence-corrected chi connectivity index (χ2v) is 4.45. The van der Waals surface area contributed by atoms with E-state index in [2.05, 4.69) is 29.2 Å². The van der Waals surface area contributed by atoms with Gasteiger partial charge in [-0.25, -0.2) is 0 Å². The van der Waals surface area contributed by atoms with E-state index in [0.29, 0.717) is 12.6 Å². The molecule has 0 aromatic heterocycles. The standard InChI is InChI=1S/C13H20N2O/c14-9-11-1-3-12(4-2-11)10-15(7-8-16)13-5-6-13/h1-4,13,16H,5-10,14H2. The second kappa shape index (κ2) is 5.43. The predicted molar refractivity (Wildman–Crippen MR) is 64.9 cm³/mol. The second-order valence-electron chi connectivity index (χ2n) is 4.45. The Bertz CT molecular complexity index is 319. The van der Waals surface area contributed by atoms with Gasteiger partial charge in [-0.15, -0.1) is 0 Å². The van der Waals surface area contributed by atoms with Gasteiger partial charge in [0.2, 0.25) is 0 Å². The van der Waals surface area contributed by atoms with Crippen LogP contribution in [0.4, 0.5) is 0 Å². The van der Waals surface area contributed by atoms with Crippen LogP contribution in [0.5, 0.6) is 0 Å². The van der Waals surface area contributed by atoms with Gasteiger partial charge in [0.15, 0.2) is 0 Å². The summed E-state index contributed by atoms with van der Waals surface area (Å²) in [6.45, 7) is 2.57. The fourth-order valence-corrected chi connectivity index (χ4v) is 1.97. The van der Waals surface area contributed by atoms with Gasteiger partial charge < -0.3 is 10.8 Å². The molecule has 3 nitrogen and oxygen atoms in total. The molecule has 1 aliphatic rings. The quantitative estimate of drug-likeness (QED) is 0.755. The highest BCUT2D eigenvalue weighted by atomic mass is 16.3. The lowest BCUT2D eigenvalue weighted by atomic mass is 10.1. The summed E-state index contributed by atoms with van der Waals surface area (Å²) in [5.74, 6) is 0. The zero-order chi connectivity index (χ0) is 11.4. The van der Waals surface area contributed by atoms with Gasteiger partial charge in [-0.2, -0.15) is 0 Å². The molecule has 1 aromatic carbocycles. The first-order chi connectivity index (χ1) is 7.83. The molecule has 1 fully saturated rings. The molecule has 0 saturated heterocycles. The Kier molecular flexibility index (Phi) is 3.93. The van der Waals surface area contributed by atoms with Gasteiger partial charge >= 0.3 is 0 Å². The molecule has 0 bridgehead atoms. The molecule has 3 heteroatoms. The molecule has 0 amide bonds. The molecule has 88 valence electrons. The smallest absolute Gasteiger partial charge is 0.0558 e. The number of hydrogen-bond donors (Lipinski definition) is 2. The maximum absolute atomic E-state index is 9.02. The fourth-order valence-electron chi connectivity index (χ4n) is 1.97. The predicted octanol–water partition coefficient (Wildman–Crippen LogP) is 1.10. The highest BCUT2D eigenvalue weighted by Gasteiger charge is 2.28. The SMILES string of the molecule is NCc1ccc(CN(CCO)C2CC2)cc1. The first-order valence-electron chi connectivity index (χ1n) is 5.96. The van der Waals surface area contributed by atoms with Crippen molar-refractivity contribution >= 4 is 0 Å². The summed E-state index contributed by atoms with van der Waals surface area (Å²) in [4.78, 5) is 2.36. The molecular weight excluding hydrogens is 200 g/mol. The van der Waals surface area contributed by atoms with Crippen LogP contribution in [0, 0.1) is 0 Å². The third-order valence-corrected chi connectivity index (χ3v) is 3.09. The third kappa shape index (κ3) is 3.04. The fraction of sp³-hybridized carbons (Fsp3) is 0.538. The van der Waals surface area contributed by atoms with Crippen molar-refractivity contribution in [3.8, 4) is 0 Å². The van der Waals surface area contributed by atoms with E-state index in [1.807, 2.05) is 0 Å². The monoisotopic (exact) mass is 220 g/mol. The Morgan fingerprint density at radius 2 is 1.81 bits per heavy atom. The molecule has 1 aliphatic carbocycles. The molecule has 0 radical (unpaired) electrons. The number of nitrogens with two attached hydrogens (primary N) is 1. The van der Waals surface area contributed by atoms with Crippen LogP contribution in [0.15, 0.2) is 24.3 Å². The molecule has 3 N–H and O–H groups in total. The van der Waals surface area contributed by atoms with E-state index in [1.54, 1.807) is 0 Å². The Hall–Kier alpha value is -0.900. The summed E-state index contributed by atoms with van der Waals surface area (Å²) in [5, 5.41) is 9.02. The average Bonchev–Trinajstić information content (AvgIpc) is 3.13. The van der Waals surface area contributed by atoms with E-state index in [-0.39, 0.29) is 6.61 Å². The topological polar surface area (TPSA) is 49.5 Å². The minimum absolute atomic E-state index is 0.247. The van der Waals surface area contributed by atoms with E-state index in [1.165, 1.54) is 24.0 Å². The summed E-state index contributed by atoms with van der Waals surface area (Å²) in [6, 6.07) is 9.13. The van der Waals surface area contributed by atoms with Gasteiger partial charge in [-0.3, -0.25) is 4.90 Å². The first kappa shape index (κ1) is 11.6. The Balaban J connectivity index is 1.94. The average molecular weight is 220 g/mol. The maximum Gasteiger partial charge on any atom is 0.0558 e. The van der Waals surface area contributed by atoms with Crippen molar-refractivity contribution in [2.24, 2.45) is 5.73 Å². The zero-order valence-corrected chi connectivity index (χ0v) is 9.60. The lowest BCUT2D eigenvalue weighted by Crippen LogP contribution is -2.28. The molecule has 1 saturated carbocycles. The van der Waals surface area contributed by atoms with E-state index in [9.17, 15) is 0 Å². The highest BCUT2D eigenvalue weighted by molar-refractivity contribution is 5.22. The molecule has 0 heterocycles. The lowest BCUT2D eigenvalue weighted by molar-refractivity contribution is 0.183. The minimum Gasteiger partial charge on any atom is -0.395 e. The third-order valence-electron chi connectivity index (χ3n) is 3.09. The molecule has 16 heavy (non-hydrogen) atoms. The van der Waals surface area contributed by atoms with Crippen molar-refractivity contribution in [2.45, 2.75) is 32.0 Å². The number of nitrogens with zero attached hydrogens (tertiary/aromatic N) is 1. The van der Waals surface area contributed by atoms with Crippen molar-refractivity contribution < 1.29 is 5.11 Å². The number of benzene rings is 1. The summed E-state index contributed by atoms with van der Waals surface area (Å²) >= 11 is 0. The summed E-state index contributed by atoms with van der Waals surface area (Å²) in [7, 11) is 0. The Morgan fingerprint density at radius 1 is 1.19 bits per heavy atom. The van der Waals surface area contributed by atoms with Crippen molar-refractivity contribution in [1.82, 2.24) is 4.90 Å². The van der Waals surface area contributed by atoms with Crippen LogP contribution in [-0.4, -0.2) is 29.2 Å². The van der Waals surface area contributed by atoms with Crippen LogP contribution in [0.25, 0.3) is 0 Å². The van der Waals surface area contributed by atoms with Crippen LogP contribution in [0.3, 0.4) is 0 Å². The highest BCUT2D eigenvalue weighted by Crippen LogP contribution is 2.27. The largest absolute Gasteiger partial charge is 0.395 e. The Labute approximate surface area is 96.9 Å². The van der Waals surface area contributed by atoms with Crippen LogP contribution in [0.2, 0.25) is 0 Å². The molecule has 0 unspecified atom stereocenters. The molecule has 1 aromatic rings. The van der Waals surface area contributed by atoms with E-state index < -0.39 is 0 Å². The summed E-state index contributed by atoms with van der Waals surface area (Å²) in [5.41, 5.74) is 8.04. The summed E-state index contributed by atoms with van der Waals surface area (Å²) in [6.07, 6.45) is 2.56. The van der Waals surface area contributed by atoms with Crippen LogP contribution in [0.1, 0.15) is 24.0 Å². The number of rotatable bonds is 6. The van der Waals surface area contributed by atoms with Crippen LogP contribution in [-0.2, 0) is 13.1 Å². The van der Waals surface area contributed by atoms with Gasteiger partial charge in [-0.1, -0.05) is 24.3 Å². The summed E-state index contributed by atoms with van der Waals surface area (Å²) < 4.78 is 0. The first-order valence-corrected chi connectivity index (χ1v) is 5.96. The normalized spacial score (nSPS) is 15.7. The van der Waals surface area contributed by atoms with Crippen molar-refractivity contribution in [1.29, 1.82) is 0 Å². The van der Waals surface area contributed by atoms with Crippen LogP contribution < -0.4 is 5.73 Å². The van der Waals surface area contributed by atoms with Gasteiger partial charge in [0, 0.05) is 25.7 Å². The molecule has 0 spiro atoms. The van der Waals surface area contributed by atoms with Gasteiger partial charge in [0.25, 0.3) is 0 Å². The molecule has 2 rings (SSSR count). The van der Waals surface area contributed by atoms with E-state index in [4.69, 9.17) is 10.8 Å². The van der Waals surface area contributed by atoms with Crippen LogP contribution >= 0.6 is 0 Å². The van der Waals surface area contributed by atoms with Crippen molar-refractivity contribution in [3.05, 3.63) is 35.4 Å². The van der Waals surface area contributed by atoms with E-state index in [0.717, 1.165) is 13.1 Å². The van der Waals surface area contributed by atoms with Gasteiger partial charge in [0.1, 0.15) is 0 Å². The zero-order valence-electron chi connectivity index (χ0n) is 9.60. The minimum atomic E-state index is 0.247. The number of aliphatic hydroxyl groups excluding tert-OH is 1. The van der Waals surface area contributed by atoms with Gasteiger partial charge in [-0.05, 0) is 24.0 Å². The van der Waals surface area contributed by atoms with E-state index >= 15 is 0 Å². The molecule has 0 atom stereocenters. The van der Waals surface area contributed by atoms with Crippen molar-refractivity contribution in [3.63, 3.8) is 0 Å². The van der Waals surface area contributed by atoms with Crippen molar-refractivity contribution in [2.75, 3.05) is 13.2 Å². The molecular formula is C13H20N2O. The maximum atomic E-state index is 9.02.